The van der Waals surface area contributed by atoms with Gasteiger partial charge in [-0.1, -0.05) is 0 Å². The summed E-state index contributed by atoms with van der Waals surface area (Å²) in [5.41, 5.74) is 9.66. The topological polar surface area (TPSA) is 81.9 Å². The Kier molecular flexibility index (Phi) is 3.82. The molecule has 1 atom stereocenters. The number of aryl methyl sites for hydroxylation is 1. The Morgan fingerprint density at radius 3 is 2.82 bits per heavy atom. The molecule has 0 amide bonds. The van der Waals surface area contributed by atoms with E-state index in [1.54, 1.807) is 22.2 Å². The van der Waals surface area contributed by atoms with Crippen molar-refractivity contribution in [3.63, 3.8) is 0 Å². The van der Waals surface area contributed by atoms with Crippen molar-refractivity contribution in [1.82, 2.24) is 15.2 Å². The summed E-state index contributed by atoms with van der Waals surface area (Å²) in [6.07, 6.45) is 2.55. The van der Waals surface area contributed by atoms with E-state index >= 15 is 0 Å². The molecule has 2 rings (SSSR count). The zero-order chi connectivity index (χ0) is 12.4. The Balaban J connectivity index is 2.19. The molecule has 2 heterocycles. The predicted octanol–water partition coefficient (Wildman–Crippen LogP) is 1.57. The summed E-state index contributed by atoms with van der Waals surface area (Å²) in [6, 6.07) is 4.08. The number of nitrogens with zero attached hydrogens (tertiary/aromatic N) is 2. The molecule has 7 heteroatoms. The van der Waals surface area contributed by atoms with E-state index in [0.717, 1.165) is 15.8 Å². The number of aromatic nitrogens is 2. The zero-order valence-electron chi connectivity index (χ0n) is 9.35. The summed E-state index contributed by atoms with van der Waals surface area (Å²) >= 11 is 5.14. The SMILES string of the molecule is Cn1ncc(C(Cc2ccc(Br)s2)NN)c1N. The minimum Gasteiger partial charge on any atom is -0.384 e. The van der Waals surface area contributed by atoms with E-state index in [9.17, 15) is 0 Å². The average Bonchev–Trinajstić information content (AvgIpc) is 2.85. The lowest BCUT2D eigenvalue weighted by atomic mass is 10.1. The summed E-state index contributed by atoms with van der Waals surface area (Å²) in [4.78, 5) is 1.24. The van der Waals surface area contributed by atoms with Crippen LogP contribution in [0.3, 0.4) is 0 Å². The third-order valence-electron chi connectivity index (χ3n) is 2.63. The Hall–Kier alpha value is -0.890. The fourth-order valence-electron chi connectivity index (χ4n) is 1.65. The number of thiophene rings is 1. The standard InChI is InChI=1S/C10H14BrN5S/c1-16-10(12)7(5-14-16)8(15-13)4-6-2-3-9(11)17-6/h2-3,5,8,15H,4,12-13H2,1H3. The van der Waals surface area contributed by atoms with Crippen LogP contribution in [-0.4, -0.2) is 9.78 Å². The van der Waals surface area contributed by atoms with Crippen LogP contribution in [0.4, 0.5) is 5.82 Å². The second-order valence-electron chi connectivity index (χ2n) is 3.74. The second kappa shape index (κ2) is 5.18. The molecule has 2 aromatic heterocycles. The Bertz CT molecular complexity index is 507. The lowest BCUT2D eigenvalue weighted by Crippen LogP contribution is -2.29. The highest BCUT2D eigenvalue weighted by Gasteiger charge is 2.17. The fraction of sp³-hybridized carbons (Fsp3) is 0.300. The third kappa shape index (κ3) is 2.68. The van der Waals surface area contributed by atoms with Crippen LogP contribution in [0.15, 0.2) is 22.1 Å². The number of hydrogen-bond acceptors (Lipinski definition) is 5. The summed E-state index contributed by atoms with van der Waals surface area (Å²) in [7, 11) is 1.81. The van der Waals surface area contributed by atoms with E-state index in [4.69, 9.17) is 11.6 Å². The summed E-state index contributed by atoms with van der Waals surface area (Å²) in [5.74, 6) is 6.23. The lowest BCUT2D eigenvalue weighted by molar-refractivity contribution is 0.557. The van der Waals surface area contributed by atoms with Crippen LogP contribution in [0.5, 0.6) is 0 Å². The van der Waals surface area contributed by atoms with Crippen LogP contribution < -0.4 is 17.0 Å². The molecule has 92 valence electrons. The molecule has 1 unspecified atom stereocenters. The number of halogens is 1. The molecular formula is C10H14BrN5S. The van der Waals surface area contributed by atoms with Crippen LogP contribution in [0.25, 0.3) is 0 Å². The van der Waals surface area contributed by atoms with Gasteiger partial charge in [0.1, 0.15) is 5.82 Å². The van der Waals surface area contributed by atoms with E-state index in [2.05, 4.69) is 32.5 Å². The second-order valence-corrected chi connectivity index (χ2v) is 6.29. The molecule has 2 aromatic rings. The number of rotatable bonds is 4. The molecule has 17 heavy (non-hydrogen) atoms. The molecule has 0 aliphatic rings. The van der Waals surface area contributed by atoms with Crippen LogP contribution in [-0.2, 0) is 13.5 Å². The molecule has 0 saturated carbocycles. The molecule has 0 aliphatic heterocycles. The minimum absolute atomic E-state index is 0.0192. The molecule has 0 saturated heterocycles. The van der Waals surface area contributed by atoms with Gasteiger partial charge in [-0.25, -0.2) is 0 Å². The van der Waals surface area contributed by atoms with E-state index in [1.807, 2.05) is 13.1 Å². The maximum absolute atomic E-state index is 5.94. The Morgan fingerprint density at radius 2 is 2.35 bits per heavy atom. The highest BCUT2D eigenvalue weighted by atomic mass is 79.9. The zero-order valence-corrected chi connectivity index (χ0v) is 11.8. The van der Waals surface area contributed by atoms with Gasteiger partial charge >= 0.3 is 0 Å². The van der Waals surface area contributed by atoms with Crippen LogP contribution in [0.1, 0.15) is 16.5 Å². The van der Waals surface area contributed by atoms with Crippen molar-refractivity contribution in [1.29, 1.82) is 0 Å². The van der Waals surface area contributed by atoms with Crippen molar-refractivity contribution in [2.75, 3.05) is 5.73 Å². The van der Waals surface area contributed by atoms with Gasteiger partial charge in [0.15, 0.2) is 0 Å². The highest BCUT2D eigenvalue weighted by molar-refractivity contribution is 9.11. The quantitative estimate of drug-likeness (QED) is 0.591. The van der Waals surface area contributed by atoms with Gasteiger partial charge in [0, 0.05) is 23.9 Å². The van der Waals surface area contributed by atoms with Crippen LogP contribution in [0.2, 0.25) is 0 Å². The lowest BCUT2D eigenvalue weighted by Gasteiger charge is -2.14. The first-order valence-electron chi connectivity index (χ1n) is 5.09. The number of nitrogen functional groups attached to an aromatic ring is 1. The van der Waals surface area contributed by atoms with Gasteiger partial charge in [-0.15, -0.1) is 11.3 Å². The number of nitrogens with two attached hydrogens (primary N) is 2. The molecule has 0 radical (unpaired) electrons. The molecule has 5 nitrogen and oxygen atoms in total. The van der Waals surface area contributed by atoms with Crippen molar-refractivity contribution in [2.45, 2.75) is 12.5 Å². The highest BCUT2D eigenvalue weighted by Crippen LogP contribution is 2.28. The van der Waals surface area contributed by atoms with Gasteiger partial charge in [-0.3, -0.25) is 16.0 Å². The molecule has 5 N–H and O–H groups in total. The first-order chi connectivity index (χ1) is 8.11. The average molecular weight is 316 g/mol. The van der Waals surface area contributed by atoms with Gasteiger partial charge in [0.2, 0.25) is 0 Å². The Morgan fingerprint density at radius 1 is 1.59 bits per heavy atom. The van der Waals surface area contributed by atoms with Crippen molar-refractivity contribution in [2.24, 2.45) is 12.9 Å². The first-order valence-corrected chi connectivity index (χ1v) is 6.70. The van der Waals surface area contributed by atoms with Crippen molar-refractivity contribution >= 4 is 33.1 Å². The van der Waals surface area contributed by atoms with Gasteiger partial charge in [-0.2, -0.15) is 5.10 Å². The smallest absolute Gasteiger partial charge is 0.126 e. The van der Waals surface area contributed by atoms with Crippen molar-refractivity contribution < 1.29 is 0 Å². The molecule has 0 spiro atoms. The van der Waals surface area contributed by atoms with E-state index in [-0.39, 0.29) is 6.04 Å². The van der Waals surface area contributed by atoms with Gasteiger partial charge < -0.3 is 5.73 Å². The Labute approximate surface area is 112 Å². The van der Waals surface area contributed by atoms with E-state index < -0.39 is 0 Å². The van der Waals surface area contributed by atoms with Crippen LogP contribution >= 0.6 is 27.3 Å². The largest absolute Gasteiger partial charge is 0.384 e. The molecule has 0 aromatic carbocycles. The van der Waals surface area contributed by atoms with Gasteiger partial charge in [0.25, 0.3) is 0 Å². The van der Waals surface area contributed by atoms with Crippen LogP contribution in [0, 0.1) is 0 Å². The fourth-order valence-corrected chi connectivity index (χ4v) is 3.18. The summed E-state index contributed by atoms with van der Waals surface area (Å²) in [5, 5.41) is 4.12. The van der Waals surface area contributed by atoms with Crippen molar-refractivity contribution in [3.05, 3.63) is 32.6 Å². The summed E-state index contributed by atoms with van der Waals surface area (Å²) < 4.78 is 2.76. The summed E-state index contributed by atoms with van der Waals surface area (Å²) in [6.45, 7) is 0. The molecule has 0 aliphatic carbocycles. The maximum Gasteiger partial charge on any atom is 0.126 e. The number of hydrazine groups is 1. The van der Waals surface area contributed by atoms with E-state index in [1.165, 1.54) is 4.88 Å². The van der Waals surface area contributed by atoms with E-state index in [0.29, 0.717) is 5.82 Å². The number of anilines is 1. The monoisotopic (exact) mass is 315 g/mol. The van der Waals surface area contributed by atoms with Crippen molar-refractivity contribution in [3.8, 4) is 0 Å². The van der Waals surface area contributed by atoms with Gasteiger partial charge in [-0.05, 0) is 28.1 Å². The first kappa shape index (κ1) is 12.6. The molecule has 0 fully saturated rings. The predicted molar refractivity (Wildman–Crippen MR) is 73.4 cm³/mol. The molecular weight excluding hydrogens is 302 g/mol. The third-order valence-corrected chi connectivity index (χ3v) is 4.27. The number of nitrogens with one attached hydrogen (secondary N) is 1. The molecule has 0 bridgehead atoms. The number of hydrogen-bond donors (Lipinski definition) is 3. The minimum atomic E-state index is -0.0192. The van der Waals surface area contributed by atoms with Gasteiger partial charge in [0.05, 0.1) is 16.0 Å². The maximum atomic E-state index is 5.94. The normalized spacial score (nSPS) is 12.9.